The molecule has 0 spiro atoms. The van der Waals surface area contributed by atoms with E-state index < -0.39 is 5.72 Å². The highest BCUT2D eigenvalue weighted by atomic mass is 19.1. The molecule has 1 fully saturated rings. The second-order valence-corrected chi connectivity index (χ2v) is 3.73. The molecule has 0 aliphatic carbocycles. The fourth-order valence-electron chi connectivity index (χ4n) is 1.65. The van der Waals surface area contributed by atoms with Crippen LogP contribution in [0.1, 0.15) is 24.9 Å². The van der Waals surface area contributed by atoms with Gasteiger partial charge in [0.25, 0.3) is 0 Å². The molecule has 2 nitrogen and oxygen atoms in total. The molecule has 0 amide bonds. The Balaban J connectivity index is 2.08. The summed E-state index contributed by atoms with van der Waals surface area (Å²) in [5.74, 6) is -0.227. The van der Waals surface area contributed by atoms with Gasteiger partial charge >= 0.3 is 0 Å². The van der Waals surface area contributed by atoms with Crippen molar-refractivity contribution in [2.24, 2.45) is 0 Å². The summed E-state index contributed by atoms with van der Waals surface area (Å²) in [6.07, 6.45) is 0.679. The van der Waals surface area contributed by atoms with Crippen LogP contribution >= 0.6 is 0 Å². The van der Waals surface area contributed by atoms with Gasteiger partial charge in [-0.2, -0.15) is 0 Å². The largest absolute Gasteiger partial charge is 0.376 e. The zero-order chi connectivity index (χ0) is 9.47. The Kier molecular flexibility index (Phi) is 1.86. The topological polar surface area (TPSA) is 32.3 Å². The molecule has 1 aromatic rings. The summed E-state index contributed by atoms with van der Waals surface area (Å²) in [5, 5.41) is 12.4. The van der Waals surface area contributed by atoms with Crippen LogP contribution < -0.4 is 5.32 Å². The second kappa shape index (κ2) is 2.79. The van der Waals surface area contributed by atoms with E-state index in [4.69, 9.17) is 0 Å². The van der Waals surface area contributed by atoms with Gasteiger partial charge in [0.2, 0.25) is 0 Å². The van der Waals surface area contributed by atoms with Crippen LogP contribution in [0.2, 0.25) is 0 Å². The first-order chi connectivity index (χ1) is 6.07. The minimum atomic E-state index is -0.751. The van der Waals surface area contributed by atoms with Gasteiger partial charge in [-0.25, -0.2) is 4.39 Å². The van der Waals surface area contributed by atoms with Crippen LogP contribution in [0.3, 0.4) is 0 Å². The normalized spacial score (nSPS) is 32.7. The van der Waals surface area contributed by atoms with Gasteiger partial charge < -0.3 is 5.11 Å². The highest BCUT2D eigenvalue weighted by Crippen LogP contribution is 2.33. The van der Waals surface area contributed by atoms with Gasteiger partial charge in [0.05, 0.1) is 0 Å². The van der Waals surface area contributed by atoms with Crippen LogP contribution in [0.5, 0.6) is 0 Å². The van der Waals surface area contributed by atoms with Crippen LogP contribution in [0.4, 0.5) is 4.39 Å². The Morgan fingerprint density at radius 2 is 2.00 bits per heavy atom. The van der Waals surface area contributed by atoms with Crippen molar-refractivity contribution < 1.29 is 9.50 Å². The first kappa shape index (κ1) is 8.66. The molecule has 0 aromatic heterocycles. The molecule has 3 heteroatoms. The standard InChI is InChI=1S/C10H12FNO/c1-10(13)6-9(12-10)7-2-4-8(11)5-3-7/h2-5,9,12-13H,6H2,1H3/t9-,10?/m1/s1. The third-order valence-electron chi connectivity index (χ3n) is 2.36. The minimum Gasteiger partial charge on any atom is -0.376 e. The molecule has 13 heavy (non-hydrogen) atoms. The molecule has 1 aliphatic rings. The van der Waals surface area contributed by atoms with E-state index in [9.17, 15) is 9.50 Å². The Bertz CT molecular complexity index is 299. The van der Waals surface area contributed by atoms with Crippen LogP contribution in [0.15, 0.2) is 24.3 Å². The van der Waals surface area contributed by atoms with E-state index in [1.165, 1.54) is 12.1 Å². The molecule has 0 bridgehead atoms. The molecule has 2 N–H and O–H groups in total. The maximum absolute atomic E-state index is 12.6. The Morgan fingerprint density at radius 3 is 2.46 bits per heavy atom. The number of hydrogen-bond donors (Lipinski definition) is 2. The fourth-order valence-corrected chi connectivity index (χ4v) is 1.65. The molecular weight excluding hydrogens is 169 g/mol. The molecule has 1 aliphatic heterocycles. The molecule has 2 atom stereocenters. The summed E-state index contributed by atoms with van der Waals surface area (Å²) in [6, 6.07) is 6.51. The predicted octanol–water partition coefficient (Wildman–Crippen LogP) is 1.57. The van der Waals surface area contributed by atoms with E-state index in [2.05, 4.69) is 5.32 Å². The zero-order valence-corrected chi connectivity index (χ0v) is 7.42. The number of aliphatic hydroxyl groups is 1. The van der Waals surface area contributed by atoms with E-state index in [-0.39, 0.29) is 11.9 Å². The van der Waals surface area contributed by atoms with Crippen LogP contribution in [-0.4, -0.2) is 10.8 Å². The maximum atomic E-state index is 12.6. The van der Waals surface area contributed by atoms with Gasteiger partial charge in [0, 0.05) is 12.5 Å². The average molecular weight is 181 g/mol. The molecule has 1 heterocycles. The summed E-state index contributed by atoms with van der Waals surface area (Å²) < 4.78 is 12.6. The summed E-state index contributed by atoms with van der Waals surface area (Å²) >= 11 is 0. The van der Waals surface area contributed by atoms with Gasteiger partial charge in [0.1, 0.15) is 11.5 Å². The van der Waals surface area contributed by atoms with Gasteiger partial charge in [-0.3, -0.25) is 5.32 Å². The lowest BCUT2D eigenvalue weighted by molar-refractivity contribution is -0.0698. The number of benzene rings is 1. The van der Waals surface area contributed by atoms with Gasteiger partial charge in [-0.15, -0.1) is 0 Å². The lowest BCUT2D eigenvalue weighted by Crippen LogP contribution is -2.56. The lowest BCUT2D eigenvalue weighted by Gasteiger charge is -2.43. The quantitative estimate of drug-likeness (QED) is 0.689. The third-order valence-corrected chi connectivity index (χ3v) is 2.36. The van der Waals surface area contributed by atoms with Crippen LogP contribution in [0, 0.1) is 5.82 Å². The summed E-state index contributed by atoms with van der Waals surface area (Å²) in [5.41, 5.74) is 0.270. The number of halogens is 1. The Morgan fingerprint density at radius 1 is 1.46 bits per heavy atom. The van der Waals surface area contributed by atoms with Crippen molar-refractivity contribution in [3.05, 3.63) is 35.6 Å². The van der Waals surface area contributed by atoms with E-state index in [1.807, 2.05) is 0 Å². The molecule has 1 saturated heterocycles. The molecule has 2 rings (SSSR count). The van der Waals surface area contributed by atoms with Crippen molar-refractivity contribution in [1.82, 2.24) is 5.32 Å². The lowest BCUT2D eigenvalue weighted by atomic mass is 9.89. The minimum absolute atomic E-state index is 0.163. The molecule has 1 aromatic carbocycles. The second-order valence-electron chi connectivity index (χ2n) is 3.73. The Labute approximate surface area is 76.4 Å². The van der Waals surface area contributed by atoms with E-state index in [1.54, 1.807) is 19.1 Å². The molecule has 0 radical (unpaired) electrons. The SMILES string of the molecule is CC1(O)C[C@H](c2ccc(F)cc2)N1. The maximum Gasteiger partial charge on any atom is 0.123 e. The summed E-state index contributed by atoms with van der Waals surface area (Å²) in [7, 11) is 0. The number of rotatable bonds is 1. The van der Waals surface area contributed by atoms with E-state index >= 15 is 0 Å². The monoisotopic (exact) mass is 181 g/mol. The van der Waals surface area contributed by atoms with Gasteiger partial charge in [-0.1, -0.05) is 12.1 Å². The highest BCUT2D eigenvalue weighted by molar-refractivity contribution is 5.23. The number of hydrogen-bond acceptors (Lipinski definition) is 2. The molecule has 70 valence electrons. The average Bonchev–Trinajstić information content (AvgIpc) is 2.01. The van der Waals surface area contributed by atoms with E-state index in [0.29, 0.717) is 6.42 Å². The van der Waals surface area contributed by atoms with Gasteiger partial charge in [-0.05, 0) is 24.6 Å². The van der Waals surface area contributed by atoms with Crippen LogP contribution in [-0.2, 0) is 0 Å². The Hall–Kier alpha value is -0.930. The van der Waals surface area contributed by atoms with Crippen molar-refractivity contribution in [3.8, 4) is 0 Å². The van der Waals surface area contributed by atoms with Crippen LogP contribution in [0.25, 0.3) is 0 Å². The highest BCUT2D eigenvalue weighted by Gasteiger charge is 2.37. The first-order valence-electron chi connectivity index (χ1n) is 4.32. The van der Waals surface area contributed by atoms with Crippen molar-refractivity contribution in [2.45, 2.75) is 25.1 Å². The zero-order valence-electron chi connectivity index (χ0n) is 7.42. The van der Waals surface area contributed by atoms with Crippen molar-refractivity contribution in [1.29, 1.82) is 0 Å². The smallest absolute Gasteiger partial charge is 0.123 e. The van der Waals surface area contributed by atoms with Crippen molar-refractivity contribution >= 4 is 0 Å². The number of nitrogens with one attached hydrogen (secondary N) is 1. The van der Waals surface area contributed by atoms with E-state index in [0.717, 1.165) is 5.56 Å². The molecule has 1 unspecified atom stereocenters. The first-order valence-corrected chi connectivity index (χ1v) is 4.32. The summed E-state index contributed by atoms with van der Waals surface area (Å²) in [4.78, 5) is 0. The predicted molar refractivity (Wildman–Crippen MR) is 47.5 cm³/mol. The van der Waals surface area contributed by atoms with Crippen molar-refractivity contribution in [2.75, 3.05) is 0 Å². The van der Waals surface area contributed by atoms with Crippen molar-refractivity contribution in [3.63, 3.8) is 0 Å². The summed E-state index contributed by atoms with van der Waals surface area (Å²) in [6.45, 7) is 1.73. The van der Waals surface area contributed by atoms with Gasteiger partial charge in [0.15, 0.2) is 0 Å². The molecule has 0 saturated carbocycles. The fraction of sp³-hybridized carbons (Fsp3) is 0.400. The third kappa shape index (κ3) is 1.71. The molecular formula is C10H12FNO.